The van der Waals surface area contributed by atoms with Crippen molar-refractivity contribution in [2.45, 2.75) is 13.5 Å². The van der Waals surface area contributed by atoms with Gasteiger partial charge in [0.25, 0.3) is 5.91 Å². The summed E-state index contributed by atoms with van der Waals surface area (Å²) >= 11 is 0. The zero-order chi connectivity index (χ0) is 16.7. The minimum Gasteiger partial charge on any atom is -0.488 e. The molecule has 0 atom stereocenters. The van der Waals surface area contributed by atoms with Crippen LogP contribution in [0.25, 0.3) is 11.1 Å². The molecule has 2 heterocycles. The molecule has 0 radical (unpaired) electrons. The fourth-order valence-corrected chi connectivity index (χ4v) is 3.20. The molecule has 4 nitrogen and oxygen atoms in total. The van der Waals surface area contributed by atoms with Crippen molar-refractivity contribution in [1.29, 1.82) is 0 Å². The van der Waals surface area contributed by atoms with Crippen LogP contribution in [0.4, 0.5) is 4.39 Å². The van der Waals surface area contributed by atoms with Gasteiger partial charge in [-0.2, -0.15) is 0 Å². The number of amides is 1. The number of ether oxygens (including phenoxy) is 2. The van der Waals surface area contributed by atoms with E-state index in [2.05, 4.69) is 0 Å². The van der Waals surface area contributed by atoms with Crippen LogP contribution in [0, 0.1) is 12.7 Å². The van der Waals surface area contributed by atoms with Crippen molar-refractivity contribution >= 4 is 5.91 Å². The molecule has 5 heteroatoms. The molecule has 1 amide bonds. The Bertz CT molecular complexity index is 812. The van der Waals surface area contributed by atoms with Gasteiger partial charge in [-0.3, -0.25) is 4.79 Å². The van der Waals surface area contributed by atoms with Crippen LogP contribution in [0.2, 0.25) is 0 Å². The first-order valence-corrected chi connectivity index (χ1v) is 8.07. The Hall–Kier alpha value is -2.40. The van der Waals surface area contributed by atoms with E-state index in [1.807, 2.05) is 18.2 Å². The van der Waals surface area contributed by atoms with E-state index >= 15 is 0 Å². The second kappa shape index (κ2) is 5.91. The predicted molar refractivity (Wildman–Crippen MR) is 87.6 cm³/mol. The summed E-state index contributed by atoms with van der Waals surface area (Å²) in [4.78, 5) is 14.4. The summed E-state index contributed by atoms with van der Waals surface area (Å²) in [5, 5.41) is 0. The number of fused-ring (bicyclic) bond motifs is 3. The molecule has 0 bridgehead atoms. The minimum absolute atomic E-state index is 0.00184. The highest BCUT2D eigenvalue weighted by Gasteiger charge is 2.23. The third kappa shape index (κ3) is 2.55. The number of aryl methyl sites for hydroxylation is 1. The van der Waals surface area contributed by atoms with Gasteiger partial charge in [0.15, 0.2) is 0 Å². The van der Waals surface area contributed by atoms with Crippen molar-refractivity contribution in [1.82, 2.24) is 4.90 Å². The molecule has 124 valence electrons. The van der Waals surface area contributed by atoms with Crippen molar-refractivity contribution in [2.75, 3.05) is 26.3 Å². The van der Waals surface area contributed by atoms with Crippen LogP contribution in [0.1, 0.15) is 21.5 Å². The second-order valence-corrected chi connectivity index (χ2v) is 6.16. The quantitative estimate of drug-likeness (QED) is 0.807. The normalized spacial score (nSPS) is 16.2. The number of benzene rings is 2. The first kappa shape index (κ1) is 15.1. The number of carbonyl (C=O) groups is 1. The fraction of sp³-hybridized carbons (Fsp3) is 0.316. The van der Waals surface area contributed by atoms with Gasteiger partial charge < -0.3 is 14.4 Å². The van der Waals surface area contributed by atoms with Gasteiger partial charge in [-0.25, -0.2) is 4.39 Å². The molecule has 4 rings (SSSR count). The van der Waals surface area contributed by atoms with Crippen molar-refractivity contribution < 1.29 is 18.7 Å². The maximum Gasteiger partial charge on any atom is 0.254 e. The largest absolute Gasteiger partial charge is 0.488 e. The molecule has 0 N–H and O–H groups in total. The van der Waals surface area contributed by atoms with E-state index in [-0.39, 0.29) is 11.7 Å². The molecule has 1 saturated heterocycles. The van der Waals surface area contributed by atoms with Gasteiger partial charge in [-0.15, -0.1) is 0 Å². The van der Waals surface area contributed by atoms with Crippen LogP contribution in [0.15, 0.2) is 30.3 Å². The molecule has 2 aliphatic rings. The Morgan fingerprint density at radius 1 is 1.12 bits per heavy atom. The van der Waals surface area contributed by atoms with Gasteiger partial charge in [0.05, 0.1) is 13.2 Å². The summed E-state index contributed by atoms with van der Waals surface area (Å²) in [7, 11) is 0. The predicted octanol–water partition coefficient (Wildman–Crippen LogP) is 3.17. The molecule has 0 saturated carbocycles. The number of hydrogen-bond donors (Lipinski definition) is 0. The number of halogens is 1. The van der Waals surface area contributed by atoms with E-state index in [0.29, 0.717) is 49.8 Å². The standard InChI is InChI=1S/C19H18FNO3/c1-12-8-18-16(10-17(12)20)15-3-2-13(9-14(15)11-24-18)19(22)21-4-6-23-7-5-21/h2-3,8-10H,4-7,11H2,1H3. The van der Waals surface area contributed by atoms with Crippen LogP contribution >= 0.6 is 0 Å². The first-order valence-electron chi connectivity index (χ1n) is 8.07. The fourth-order valence-electron chi connectivity index (χ4n) is 3.20. The number of hydrogen-bond acceptors (Lipinski definition) is 3. The molecule has 2 aromatic carbocycles. The van der Waals surface area contributed by atoms with Crippen LogP contribution < -0.4 is 4.74 Å². The minimum atomic E-state index is -0.251. The lowest BCUT2D eigenvalue weighted by Gasteiger charge is -2.27. The van der Waals surface area contributed by atoms with Gasteiger partial charge in [0.1, 0.15) is 18.2 Å². The lowest BCUT2D eigenvalue weighted by Crippen LogP contribution is -2.40. The molecule has 24 heavy (non-hydrogen) atoms. The molecule has 0 spiro atoms. The van der Waals surface area contributed by atoms with Crippen LogP contribution in [0.5, 0.6) is 5.75 Å². The molecule has 2 aliphatic heterocycles. The van der Waals surface area contributed by atoms with Crippen LogP contribution in [0.3, 0.4) is 0 Å². The van der Waals surface area contributed by atoms with E-state index in [4.69, 9.17) is 9.47 Å². The van der Waals surface area contributed by atoms with E-state index in [1.54, 1.807) is 17.9 Å². The Balaban J connectivity index is 1.69. The monoisotopic (exact) mass is 327 g/mol. The van der Waals surface area contributed by atoms with Gasteiger partial charge in [0.2, 0.25) is 0 Å². The van der Waals surface area contributed by atoms with E-state index < -0.39 is 0 Å². The topological polar surface area (TPSA) is 38.8 Å². The number of carbonyl (C=O) groups excluding carboxylic acids is 1. The number of rotatable bonds is 1. The number of nitrogens with zero attached hydrogens (tertiary/aromatic N) is 1. The zero-order valence-electron chi connectivity index (χ0n) is 13.5. The van der Waals surface area contributed by atoms with Gasteiger partial charge in [-0.05, 0) is 47.9 Å². The SMILES string of the molecule is Cc1cc2c(cc1F)-c1ccc(C(=O)N3CCOCC3)cc1CO2. The third-order valence-corrected chi connectivity index (χ3v) is 4.58. The van der Waals surface area contributed by atoms with Crippen molar-refractivity contribution in [3.63, 3.8) is 0 Å². The van der Waals surface area contributed by atoms with Gasteiger partial charge in [-0.1, -0.05) is 6.07 Å². The third-order valence-electron chi connectivity index (χ3n) is 4.58. The van der Waals surface area contributed by atoms with E-state index in [1.165, 1.54) is 6.07 Å². The Kier molecular flexibility index (Phi) is 3.73. The summed E-state index contributed by atoms with van der Waals surface area (Å²) < 4.78 is 25.0. The lowest BCUT2D eigenvalue weighted by molar-refractivity contribution is 0.0303. The molecule has 0 aromatic heterocycles. The molecular formula is C19H18FNO3. The van der Waals surface area contributed by atoms with Crippen LogP contribution in [-0.4, -0.2) is 37.1 Å². The summed E-state index contributed by atoms with van der Waals surface area (Å²) in [6, 6.07) is 8.78. The van der Waals surface area contributed by atoms with Gasteiger partial charge >= 0.3 is 0 Å². The molecule has 1 fully saturated rings. The lowest BCUT2D eigenvalue weighted by atomic mass is 9.94. The van der Waals surface area contributed by atoms with E-state index in [9.17, 15) is 9.18 Å². The molecule has 0 aliphatic carbocycles. The average Bonchev–Trinajstić information content (AvgIpc) is 2.62. The zero-order valence-corrected chi connectivity index (χ0v) is 13.5. The highest BCUT2D eigenvalue weighted by molar-refractivity contribution is 5.95. The van der Waals surface area contributed by atoms with Crippen LogP contribution in [-0.2, 0) is 11.3 Å². The highest BCUT2D eigenvalue weighted by Crippen LogP contribution is 2.39. The summed E-state index contributed by atoms with van der Waals surface area (Å²) in [5.41, 5.74) is 3.77. The summed E-state index contributed by atoms with van der Waals surface area (Å²) in [5.74, 6) is 0.439. The molecule has 2 aromatic rings. The highest BCUT2D eigenvalue weighted by atomic mass is 19.1. The van der Waals surface area contributed by atoms with Crippen molar-refractivity contribution in [3.8, 4) is 16.9 Å². The van der Waals surface area contributed by atoms with Gasteiger partial charge in [0, 0.05) is 24.2 Å². The Morgan fingerprint density at radius 3 is 2.71 bits per heavy atom. The van der Waals surface area contributed by atoms with Crippen molar-refractivity contribution in [3.05, 3.63) is 52.8 Å². The molecular weight excluding hydrogens is 309 g/mol. The number of morpholine rings is 1. The average molecular weight is 327 g/mol. The maximum absolute atomic E-state index is 13.9. The summed E-state index contributed by atoms with van der Waals surface area (Å²) in [6.07, 6.45) is 0. The Morgan fingerprint density at radius 2 is 1.92 bits per heavy atom. The smallest absolute Gasteiger partial charge is 0.254 e. The second-order valence-electron chi connectivity index (χ2n) is 6.16. The Labute approximate surface area is 139 Å². The van der Waals surface area contributed by atoms with E-state index in [0.717, 1.165) is 16.7 Å². The maximum atomic E-state index is 13.9. The molecule has 0 unspecified atom stereocenters. The van der Waals surface area contributed by atoms with Crippen molar-refractivity contribution in [2.24, 2.45) is 0 Å². The first-order chi connectivity index (χ1) is 11.6. The summed E-state index contributed by atoms with van der Waals surface area (Å²) in [6.45, 7) is 4.48.